The summed E-state index contributed by atoms with van der Waals surface area (Å²) in [4.78, 5) is 12.2. The van der Waals surface area contributed by atoms with Gasteiger partial charge in [0.05, 0.1) is 12.2 Å². The van der Waals surface area contributed by atoms with E-state index in [0.717, 1.165) is 30.5 Å². The van der Waals surface area contributed by atoms with E-state index in [-0.39, 0.29) is 35.4 Å². The molecule has 1 fully saturated rings. The van der Waals surface area contributed by atoms with E-state index in [0.29, 0.717) is 17.2 Å². The van der Waals surface area contributed by atoms with Crippen LogP contribution in [0.2, 0.25) is 5.02 Å². The molecular weight excluding hydrogens is 455 g/mol. The molecule has 0 spiro atoms. The summed E-state index contributed by atoms with van der Waals surface area (Å²) in [6.45, 7) is 1.42. The van der Waals surface area contributed by atoms with Gasteiger partial charge in [-0.25, -0.2) is 4.39 Å². The number of ether oxygens (including phenoxy) is 2. The smallest absolute Gasteiger partial charge is 0.249 e. The minimum atomic E-state index is -0.740. The number of amides is 1. The Morgan fingerprint density at radius 3 is 2.62 bits per heavy atom. The van der Waals surface area contributed by atoms with Gasteiger partial charge in [0, 0.05) is 35.2 Å². The number of nitrogens with two attached hydrogens (primary N) is 1. The lowest BCUT2D eigenvalue weighted by Gasteiger charge is -2.26. The topological polar surface area (TPSA) is 73.6 Å². The van der Waals surface area contributed by atoms with E-state index in [1.54, 1.807) is 6.07 Å². The fraction of sp³-hybridized carbons (Fsp3) is 0.296. The second-order valence-electron chi connectivity index (χ2n) is 8.34. The number of nitrogens with one attached hydrogen (secondary N) is 1. The zero-order valence-electron chi connectivity index (χ0n) is 19.0. The van der Waals surface area contributed by atoms with Crippen molar-refractivity contribution in [2.45, 2.75) is 24.8 Å². The van der Waals surface area contributed by atoms with Crippen LogP contribution in [-0.4, -0.2) is 38.8 Å². The quantitative estimate of drug-likeness (QED) is 0.413. The maximum atomic E-state index is 15.7. The molecule has 2 atom stereocenters. The number of carbonyl (C=O) groups excluding carboxylic acids is 1. The monoisotopic (exact) mass is 482 g/mol. The first-order chi connectivity index (χ1) is 16.5. The van der Waals surface area contributed by atoms with Crippen LogP contribution in [0.1, 0.15) is 40.2 Å². The molecule has 34 heavy (non-hydrogen) atoms. The maximum absolute atomic E-state index is 15.7. The third-order valence-electron chi connectivity index (χ3n) is 6.20. The molecule has 0 radical (unpaired) electrons. The van der Waals surface area contributed by atoms with Gasteiger partial charge >= 0.3 is 0 Å². The first kappa shape index (κ1) is 24.2. The number of rotatable bonds is 9. The number of primary amides is 1. The van der Waals surface area contributed by atoms with Crippen molar-refractivity contribution in [1.82, 2.24) is 5.32 Å². The molecule has 1 aliphatic rings. The lowest BCUT2D eigenvalue weighted by atomic mass is 9.83. The Morgan fingerprint density at radius 1 is 1.15 bits per heavy atom. The number of carbonyl (C=O) groups is 1. The summed E-state index contributed by atoms with van der Waals surface area (Å²) in [7, 11) is 1.54. The first-order valence-corrected chi connectivity index (χ1v) is 11.7. The molecule has 3 N–H and O–H groups in total. The van der Waals surface area contributed by atoms with Crippen LogP contribution >= 0.6 is 11.6 Å². The van der Waals surface area contributed by atoms with Crippen LogP contribution in [0.15, 0.2) is 60.7 Å². The molecule has 0 bridgehead atoms. The SMILES string of the molecule is COCCOc1ccc(C(N)=O)c(-c2cc(C(c3ccccc3)C3CCCN3)ccc2Cl)c1F. The lowest BCUT2D eigenvalue weighted by Crippen LogP contribution is -2.29. The zero-order valence-corrected chi connectivity index (χ0v) is 19.8. The van der Waals surface area contributed by atoms with Gasteiger partial charge in [0.2, 0.25) is 5.91 Å². The average molecular weight is 483 g/mol. The van der Waals surface area contributed by atoms with E-state index in [1.165, 1.54) is 19.2 Å². The molecule has 3 aromatic rings. The van der Waals surface area contributed by atoms with Crippen molar-refractivity contribution in [3.05, 3.63) is 88.2 Å². The molecule has 1 heterocycles. The average Bonchev–Trinajstić information content (AvgIpc) is 3.36. The molecule has 2 unspecified atom stereocenters. The molecule has 3 aromatic carbocycles. The Hall–Kier alpha value is -2.93. The van der Waals surface area contributed by atoms with E-state index in [2.05, 4.69) is 17.4 Å². The number of methoxy groups -OCH3 is 1. The normalized spacial score (nSPS) is 16.4. The van der Waals surface area contributed by atoms with Crippen LogP contribution in [-0.2, 0) is 4.74 Å². The first-order valence-electron chi connectivity index (χ1n) is 11.3. The van der Waals surface area contributed by atoms with Gasteiger partial charge in [-0.15, -0.1) is 0 Å². The summed E-state index contributed by atoms with van der Waals surface area (Å²) < 4.78 is 26.2. The molecular formula is C27H28ClFN2O3. The van der Waals surface area contributed by atoms with E-state index < -0.39 is 11.7 Å². The highest BCUT2D eigenvalue weighted by molar-refractivity contribution is 6.33. The van der Waals surface area contributed by atoms with Gasteiger partial charge in [0.15, 0.2) is 11.6 Å². The van der Waals surface area contributed by atoms with Crippen LogP contribution in [0, 0.1) is 5.82 Å². The minimum Gasteiger partial charge on any atom is -0.488 e. The molecule has 1 aliphatic heterocycles. The van der Waals surface area contributed by atoms with Gasteiger partial charge in [-0.05, 0) is 54.8 Å². The van der Waals surface area contributed by atoms with Crippen molar-refractivity contribution in [2.75, 3.05) is 26.9 Å². The van der Waals surface area contributed by atoms with Crippen LogP contribution in [0.5, 0.6) is 5.75 Å². The van der Waals surface area contributed by atoms with Gasteiger partial charge in [-0.3, -0.25) is 4.79 Å². The number of hydrogen-bond acceptors (Lipinski definition) is 4. The Labute approximate surface area is 204 Å². The number of hydrogen-bond donors (Lipinski definition) is 2. The number of benzene rings is 3. The Kier molecular flexibility index (Phi) is 7.83. The third kappa shape index (κ3) is 5.09. The molecule has 0 saturated carbocycles. The predicted molar refractivity (Wildman–Crippen MR) is 132 cm³/mol. The second-order valence-corrected chi connectivity index (χ2v) is 8.74. The highest BCUT2D eigenvalue weighted by atomic mass is 35.5. The van der Waals surface area contributed by atoms with E-state index in [4.69, 9.17) is 26.8 Å². The molecule has 1 saturated heterocycles. The zero-order chi connectivity index (χ0) is 24.1. The fourth-order valence-corrected chi connectivity index (χ4v) is 4.83. The maximum Gasteiger partial charge on any atom is 0.249 e. The van der Waals surface area contributed by atoms with Crippen LogP contribution in [0.4, 0.5) is 4.39 Å². The Bertz CT molecular complexity index is 1150. The summed E-state index contributed by atoms with van der Waals surface area (Å²) in [6.07, 6.45) is 2.12. The van der Waals surface area contributed by atoms with E-state index >= 15 is 4.39 Å². The van der Waals surface area contributed by atoms with Crippen molar-refractivity contribution in [3.8, 4) is 16.9 Å². The summed E-state index contributed by atoms with van der Waals surface area (Å²) in [5.74, 6) is -1.37. The van der Waals surface area contributed by atoms with Crippen LogP contribution < -0.4 is 15.8 Å². The van der Waals surface area contributed by atoms with Crippen molar-refractivity contribution in [1.29, 1.82) is 0 Å². The predicted octanol–water partition coefficient (Wildman–Crippen LogP) is 5.15. The molecule has 5 nitrogen and oxygen atoms in total. The van der Waals surface area contributed by atoms with Crippen molar-refractivity contribution in [3.63, 3.8) is 0 Å². The Morgan fingerprint density at radius 2 is 1.94 bits per heavy atom. The summed E-state index contributed by atoms with van der Waals surface area (Å²) >= 11 is 6.57. The second kappa shape index (κ2) is 11.0. The van der Waals surface area contributed by atoms with Crippen molar-refractivity contribution in [2.24, 2.45) is 5.73 Å². The highest BCUT2D eigenvalue weighted by Gasteiger charge is 2.29. The molecule has 0 aromatic heterocycles. The van der Waals surface area contributed by atoms with Crippen LogP contribution in [0.25, 0.3) is 11.1 Å². The van der Waals surface area contributed by atoms with Gasteiger partial charge < -0.3 is 20.5 Å². The summed E-state index contributed by atoms with van der Waals surface area (Å²) in [6, 6.07) is 18.9. The van der Waals surface area contributed by atoms with Gasteiger partial charge in [-0.1, -0.05) is 48.0 Å². The minimum absolute atomic E-state index is 0.00980. The van der Waals surface area contributed by atoms with Gasteiger partial charge in [0.1, 0.15) is 6.61 Å². The molecule has 7 heteroatoms. The standard InChI is InChI=1S/C27H28ClFN2O3/c1-33-14-15-34-23-12-10-19(27(30)32)25(26(23)29)20-16-18(9-11-21(20)28)24(22-8-5-13-31-22)17-6-3-2-4-7-17/h2-4,6-7,9-12,16,22,24,31H,5,8,13-15H2,1H3,(H2,30,32). The van der Waals surface area contributed by atoms with E-state index in [1.807, 2.05) is 30.3 Å². The highest BCUT2D eigenvalue weighted by Crippen LogP contribution is 2.40. The largest absolute Gasteiger partial charge is 0.488 e. The third-order valence-corrected chi connectivity index (χ3v) is 6.52. The Balaban J connectivity index is 1.84. The van der Waals surface area contributed by atoms with Gasteiger partial charge in [0.25, 0.3) is 0 Å². The molecule has 178 valence electrons. The van der Waals surface area contributed by atoms with Gasteiger partial charge in [-0.2, -0.15) is 0 Å². The number of halogens is 2. The molecule has 1 amide bonds. The van der Waals surface area contributed by atoms with Crippen molar-refractivity contribution >= 4 is 17.5 Å². The molecule has 4 rings (SSSR count). The fourth-order valence-electron chi connectivity index (χ4n) is 4.61. The summed E-state index contributed by atoms with van der Waals surface area (Å²) in [5, 5.41) is 3.92. The lowest BCUT2D eigenvalue weighted by molar-refractivity contribution is 0.1000. The van der Waals surface area contributed by atoms with Crippen LogP contribution in [0.3, 0.4) is 0 Å². The van der Waals surface area contributed by atoms with Crippen molar-refractivity contribution < 1.29 is 18.7 Å². The van der Waals surface area contributed by atoms with E-state index in [9.17, 15) is 4.79 Å². The molecule has 0 aliphatic carbocycles. The summed E-state index contributed by atoms with van der Waals surface area (Å²) in [5.41, 5.74) is 8.24.